The average Bonchev–Trinajstić information content (AvgIpc) is 2.41. The average molecular weight is 366 g/mol. The third-order valence-electron chi connectivity index (χ3n) is 2.85. The Morgan fingerprint density at radius 3 is 2.57 bits per heavy atom. The van der Waals surface area contributed by atoms with Crippen molar-refractivity contribution in [3.8, 4) is 6.07 Å². The van der Waals surface area contributed by atoms with Gasteiger partial charge < -0.3 is 5.73 Å². The van der Waals surface area contributed by atoms with E-state index in [1.807, 2.05) is 6.07 Å². The second-order valence-corrected chi connectivity index (χ2v) is 7.00. The van der Waals surface area contributed by atoms with Crippen molar-refractivity contribution < 1.29 is 8.42 Å². The second kappa shape index (κ2) is 5.76. The third kappa shape index (κ3) is 3.35. The Labute approximate surface area is 131 Å². The van der Waals surface area contributed by atoms with Crippen LogP contribution in [-0.4, -0.2) is 8.42 Å². The molecule has 5 nitrogen and oxygen atoms in total. The second-order valence-electron chi connectivity index (χ2n) is 4.43. The fraction of sp³-hybridized carbons (Fsp3) is 0.0714. The molecule has 0 aliphatic carbocycles. The Morgan fingerprint density at radius 2 is 1.95 bits per heavy atom. The zero-order valence-electron chi connectivity index (χ0n) is 11.1. The van der Waals surface area contributed by atoms with Gasteiger partial charge in [0.05, 0.1) is 11.3 Å². The first-order valence-corrected chi connectivity index (χ1v) is 8.20. The van der Waals surface area contributed by atoms with Crippen LogP contribution in [0.5, 0.6) is 0 Å². The minimum absolute atomic E-state index is 0.0114. The van der Waals surface area contributed by atoms with E-state index in [1.165, 1.54) is 18.2 Å². The first-order chi connectivity index (χ1) is 9.83. The van der Waals surface area contributed by atoms with E-state index in [9.17, 15) is 8.42 Å². The predicted octanol–water partition coefficient (Wildman–Crippen LogP) is 3.01. The van der Waals surface area contributed by atoms with Crippen molar-refractivity contribution >= 4 is 37.3 Å². The van der Waals surface area contributed by atoms with Gasteiger partial charge in [0.25, 0.3) is 10.0 Å². The van der Waals surface area contributed by atoms with Crippen molar-refractivity contribution in [2.24, 2.45) is 0 Å². The number of benzene rings is 2. The number of nitriles is 1. The van der Waals surface area contributed by atoms with Crippen LogP contribution < -0.4 is 10.5 Å². The summed E-state index contributed by atoms with van der Waals surface area (Å²) >= 11 is 3.32. The van der Waals surface area contributed by atoms with Gasteiger partial charge in [0.15, 0.2) is 0 Å². The molecule has 0 fully saturated rings. The van der Waals surface area contributed by atoms with Gasteiger partial charge in [-0.2, -0.15) is 5.26 Å². The Hall–Kier alpha value is -2.04. The SMILES string of the molecule is Cc1cc(Br)ccc1NS(=O)(=O)c1ccc(N)cc1C#N. The topological polar surface area (TPSA) is 96.0 Å². The van der Waals surface area contributed by atoms with Crippen LogP contribution in [-0.2, 0) is 10.0 Å². The van der Waals surface area contributed by atoms with Crippen molar-refractivity contribution in [1.29, 1.82) is 5.26 Å². The molecular formula is C14H12BrN3O2S. The van der Waals surface area contributed by atoms with Crippen LogP contribution in [0.2, 0.25) is 0 Å². The Balaban J connectivity index is 2.46. The fourth-order valence-electron chi connectivity index (χ4n) is 1.81. The molecule has 2 rings (SSSR count). The van der Waals surface area contributed by atoms with Crippen LogP contribution in [0.15, 0.2) is 45.8 Å². The predicted molar refractivity (Wildman–Crippen MR) is 85.3 cm³/mol. The van der Waals surface area contributed by atoms with Gasteiger partial charge in [-0.25, -0.2) is 8.42 Å². The number of nitrogens with zero attached hydrogens (tertiary/aromatic N) is 1. The standard InChI is InChI=1S/C14H12BrN3O2S/c1-9-6-11(15)2-4-13(9)18-21(19,20)14-5-3-12(17)7-10(14)8-16/h2-7,18H,17H2,1H3. The number of sulfonamides is 1. The highest BCUT2D eigenvalue weighted by Crippen LogP contribution is 2.25. The molecule has 0 atom stereocenters. The zero-order valence-corrected chi connectivity index (χ0v) is 13.5. The maximum absolute atomic E-state index is 12.4. The van der Waals surface area contributed by atoms with Crippen LogP contribution in [0, 0.1) is 18.3 Å². The summed E-state index contributed by atoms with van der Waals surface area (Å²) in [6, 6.07) is 11.1. The molecule has 0 unspecified atom stereocenters. The number of nitrogens with two attached hydrogens (primary N) is 1. The molecule has 108 valence electrons. The van der Waals surface area contributed by atoms with E-state index in [0.717, 1.165) is 10.0 Å². The molecule has 2 aromatic carbocycles. The molecule has 2 aromatic rings. The Kier molecular flexibility index (Phi) is 4.21. The molecular weight excluding hydrogens is 354 g/mol. The summed E-state index contributed by atoms with van der Waals surface area (Å²) in [5.74, 6) is 0. The van der Waals surface area contributed by atoms with E-state index in [4.69, 9.17) is 11.0 Å². The van der Waals surface area contributed by atoms with Gasteiger partial charge in [0, 0.05) is 10.2 Å². The highest BCUT2D eigenvalue weighted by Gasteiger charge is 2.19. The number of aryl methyl sites for hydroxylation is 1. The van der Waals surface area contributed by atoms with E-state index >= 15 is 0 Å². The van der Waals surface area contributed by atoms with Crippen molar-refractivity contribution in [3.63, 3.8) is 0 Å². The smallest absolute Gasteiger partial charge is 0.263 e. The van der Waals surface area contributed by atoms with Gasteiger partial charge in [-0.05, 0) is 48.9 Å². The van der Waals surface area contributed by atoms with E-state index < -0.39 is 10.0 Å². The molecule has 0 aliphatic heterocycles. The van der Waals surface area contributed by atoms with Crippen molar-refractivity contribution in [1.82, 2.24) is 0 Å². The molecule has 0 spiro atoms. The van der Waals surface area contributed by atoms with Crippen molar-refractivity contribution in [2.75, 3.05) is 10.5 Å². The molecule has 0 amide bonds. The van der Waals surface area contributed by atoms with E-state index in [0.29, 0.717) is 11.4 Å². The van der Waals surface area contributed by atoms with Gasteiger partial charge in [0.1, 0.15) is 11.0 Å². The van der Waals surface area contributed by atoms with Gasteiger partial charge in [-0.15, -0.1) is 0 Å². The van der Waals surface area contributed by atoms with E-state index in [2.05, 4.69) is 20.7 Å². The summed E-state index contributed by atoms with van der Waals surface area (Å²) < 4.78 is 28.2. The lowest BCUT2D eigenvalue weighted by atomic mass is 10.2. The molecule has 3 N–H and O–H groups in total. The summed E-state index contributed by atoms with van der Waals surface area (Å²) in [4.78, 5) is -0.0958. The first-order valence-electron chi connectivity index (χ1n) is 5.92. The summed E-state index contributed by atoms with van der Waals surface area (Å²) in [5.41, 5.74) is 7.14. The summed E-state index contributed by atoms with van der Waals surface area (Å²) in [6.45, 7) is 1.79. The van der Waals surface area contributed by atoms with E-state index in [-0.39, 0.29) is 10.5 Å². The lowest BCUT2D eigenvalue weighted by Gasteiger charge is -2.12. The highest BCUT2D eigenvalue weighted by molar-refractivity contribution is 9.10. The van der Waals surface area contributed by atoms with Crippen LogP contribution in [0.25, 0.3) is 0 Å². The number of anilines is 2. The number of halogens is 1. The molecule has 0 radical (unpaired) electrons. The Morgan fingerprint density at radius 1 is 1.24 bits per heavy atom. The zero-order chi connectivity index (χ0) is 15.6. The Bertz CT molecular complexity index is 842. The molecule has 0 heterocycles. The molecule has 0 saturated carbocycles. The number of hydrogen-bond donors (Lipinski definition) is 2. The monoisotopic (exact) mass is 365 g/mol. The van der Waals surface area contributed by atoms with Gasteiger partial charge >= 0.3 is 0 Å². The highest BCUT2D eigenvalue weighted by atomic mass is 79.9. The van der Waals surface area contributed by atoms with Crippen molar-refractivity contribution in [2.45, 2.75) is 11.8 Å². The largest absolute Gasteiger partial charge is 0.399 e. The van der Waals surface area contributed by atoms with Gasteiger partial charge in [-0.1, -0.05) is 15.9 Å². The summed E-state index contributed by atoms with van der Waals surface area (Å²) in [5, 5.41) is 9.06. The maximum atomic E-state index is 12.4. The van der Waals surface area contributed by atoms with E-state index in [1.54, 1.807) is 25.1 Å². The van der Waals surface area contributed by atoms with Crippen molar-refractivity contribution in [3.05, 3.63) is 52.0 Å². The number of rotatable bonds is 3. The number of nitrogens with one attached hydrogen (secondary N) is 1. The fourth-order valence-corrected chi connectivity index (χ4v) is 3.56. The minimum atomic E-state index is -3.85. The van der Waals surface area contributed by atoms with Crippen LogP contribution in [0.3, 0.4) is 0 Å². The molecule has 7 heteroatoms. The van der Waals surface area contributed by atoms with Gasteiger partial charge in [0.2, 0.25) is 0 Å². The quantitative estimate of drug-likeness (QED) is 0.817. The van der Waals surface area contributed by atoms with Gasteiger partial charge in [-0.3, -0.25) is 4.72 Å². The van der Waals surface area contributed by atoms with Crippen LogP contribution >= 0.6 is 15.9 Å². The summed E-state index contributed by atoms with van der Waals surface area (Å²) in [6.07, 6.45) is 0. The molecule has 21 heavy (non-hydrogen) atoms. The maximum Gasteiger partial charge on any atom is 0.263 e. The molecule has 0 saturated heterocycles. The first kappa shape index (κ1) is 15.4. The molecule has 0 aliphatic rings. The molecule has 0 bridgehead atoms. The summed E-state index contributed by atoms with van der Waals surface area (Å²) in [7, 11) is -3.85. The number of hydrogen-bond acceptors (Lipinski definition) is 4. The number of nitrogen functional groups attached to an aromatic ring is 1. The lowest BCUT2D eigenvalue weighted by molar-refractivity contribution is 0.601. The lowest BCUT2D eigenvalue weighted by Crippen LogP contribution is -2.15. The van der Waals surface area contributed by atoms with Crippen LogP contribution in [0.1, 0.15) is 11.1 Å². The normalized spacial score (nSPS) is 10.9. The van der Waals surface area contributed by atoms with Crippen LogP contribution in [0.4, 0.5) is 11.4 Å². The minimum Gasteiger partial charge on any atom is -0.399 e. The molecule has 0 aromatic heterocycles. The third-order valence-corrected chi connectivity index (χ3v) is 4.76.